The van der Waals surface area contributed by atoms with Gasteiger partial charge in [0.15, 0.2) is 5.78 Å². The summed E-state index contributed by atoms with van der Waals surface area (Å²) in [6.07, 6.45) is 1.64. The van der Waals surface area contributed by atoms with Gasteiger partial charge in [0.1, 0.15) is 5.82 Å². The topological polar surface area (TPSA) is 77.2 Å². The van der Waals surface area contributed by atoms with E-state index in [2.05, 4.69) is 10.3 Å². The molecule has 0 amide bonds. The molecule has 0 aliphatic carbocycles. The van der Waals surface area contributed by atoms with Gasteiger partial charge in [-0.2, -0.15) is 0 Å². The largest absolute Gasteiger partial charge is 0.383 e. The van der Waals surface area contributed by atoms with Crippen LogP contribution in [0.2, 0.25) is 0 Å². The van der Waals surface area contributed by atoms with Crippen molar-refractivity contribution in [1.82, 2.24) is 10.3 Å². The highest BCUT2D eigenvalue weighted by Crippen LogP contribution is 2.10. The van der Waals surface area contributed by atoms with E-state index in [1.54, 1.807) is 19.4 Å². The summed E-state index contributed by atoms with van der Waals surface area (Å²) >= 11 is 0. The van der Waals surface area contributed by atoms with Crippen LogP contribution in [0.3, 0.4) is 0 Å². The lowest BCUT2D eigenvalue weighted by atomic mass is 10.1. The molecular weight excluding hydrogens is 206 g/mol. The molecule has 0 bridgehead atoms. The van der Waals surface area contributed by atoms with Crippen LogP contribution >= 0.6 is 0 Å². The molecule has 1 aromatic rings. The van der Waals surface area contributed by atoms with Crippen LogP contribution in [0.15, 0.2) is 12.3 Å². The van der Waals surface area contributed by atoms with Crippen LogP contribution in [0.5, 0.6) is 0 Å². The maximum atomic E-state index is 11.8. The van der Waals surface area contributed by atoms with Gasteiger partial charge < -0.3 is 15.8 Å². The molecule has 1 heterocycles. The zero-order chi connectivity index (χ0) is 12.0. The fourth-order valence-corrected chi connectivity index (χ4v) is 1.27. The molecule has 3 N–H and O–H groups in total. The zero-order valence-corrected chi connectivity index (χ0v) is 9.62. The summed E-state index contributed by atoms with van der Waals surface area (Å²) in [5.41, 5.74) is 7.04. The van der Waals surface area contributed by atoms with Gasteiger partial charge in [0.2, 0.25) is 0 Å². The van der Waals surface area contributed by atoms with E-state index in [1.807, 2.05) is 6.92 Å². The number of nitrogen functional groups attached to an aromatic ring is 1. The molecule has 16 heavy (non-hydrogen) atoms. The van der Waals surface area contributed by atoms with Crippen molar-refractivity contribution in [2.24, 2.45) is 0 Å². The normalized spacial score (nSPS) is 10.4. The second kappa shape index (κ2) is 6.19. The van der Waals surface area contributed by atoms with Crippen molar-refractivity contribution in [3.8, 4) is 0 Å². The first-order valence-electron chi connectivity index (χ1n) is 5.10. The number of aromatic nitrogens is 1. The van der Waals surface area contributed by atoms with Gasteiger partial charge in [-0.25, -0.2) is 4.98 Å². The van der Waals surface area contributed by atoms with Crippen molar-refractivity contribution in [1.29, 1.82) is 0 Å². The van der Waals surface area contributed by atoms with Gasteiger partial charge in [-0.15, -0.1) is 0 Å². The van der Waals surface area contributed by atoms with E-state index in [-0.39, 0.29) is 18.1 Å². The van der Waals surface area contributed by atoms with Crippen LogP contribution in [0.25, 0.3) is 0 Å². The number of ether oxygens (including phenoxy) is 1. The molecule has 0 saturated carbocycles. The smallest absolute Gasteiger partial charge is 0.180 e. The molecule has 88 valence electrons. The number of Topliss-reactive ketones (excluding diaryl/α,β-unsaturated/α-hetero) is 1. The lowest BCUT2D eigenvalue weighted by molar-refractivity contribution is 0.0988. The molecule has 0 radical (unpaired) electrons. The molecule has 0 saturated heterocycles. The van der Waals surface area contributed by atoms with Gasteiger partial charge >= 0.3 is 0 Å². The number of methoxy groups -OCH3 is 1. The number of carbonyl (C=O) groups is 1. The minimum atomic E-state index is -0.0511. The number of aryl methyl sites for hydroxylation is 1. The molecule has 1 aromatic heterocycles. The van der Waals surface area contributed by atoms with Crippen LogP contribution in [0, 0.1) is 6.92 Å². The lowest BCUT2D eigenvalue weighted by Gasteiger charge is -2.06. The van der Waals surface area contributed by atoms with Crippen LogP contribution in [0.4, 0.5) is 5.82 Å². The van der Waals surface area contributed by atoms with Gasteiger partial charge in [-0.3, -0.25) is 4.79 Å². The lowest BCUT2D eigenvalue weighted by Crippen LogP contribution is -2.27. The Bertz CT molecular complexity index is 366. The van der Waals surface area contributed by atoms with Crippen molar-refractivity contribution in [3.05, 3.63) is 23.4 Å². The molecule has 0 aliphatic rings. The minimum Gasteiger partial charge on any atom is -0.383 e. The Morgan fingerprint density at radius 3 is 3.06 bits per heavy atom. The van der Waals surface area contributed by atoms with Crippen LogP contribution in [-0.2, 0) is 4.74 Å². The van der Waals surface area contributed by atoms with Gasteiger partial charge in [-0.1, -0.05) is 0 Å². The number of nitrogens with one attached hydrogen (secondary N) is 1. The number of rotatable bonds is 6. The summed E-state index contributed by atoms with van der Waals surface area (Å²) in [5, 5.41) is 2.97. The molecule has 0 aromatic carbocycles. The average molecular weight is 223 g/mol. The quantitative estimate of drug-likeness (QED) is 0.539. The molecule has 1 rings (SSSR count). The van der Waals surface area contributed by atoms with Gasteiger partial charge in [0.25, 0.3) is 0 Å². The van der Waals surface area contributed by atoms with Crippen molar-refractivity contribution < 1.29 is 9.53 Å². The minimum absolute atomic E-state index is 0.0511. The Labute approximate surface area is 95.0 Å². The molecule has 5 nitrogen and oxygen atoms in total. The zero-order valence-electron chi connectivity index (χ0n) is 9.62. The Hall–Kier alpha value is -1.46. The van der Waals surface area contributed by atoms with Crippen LogP contribution < -0.4 is 11.1 Å². The van der Waals surface area contributed by atoms with E-state index in [9.17, 15) is 4.79 Å². The number of nitrogens with two attached hydrogens (primary N) is 1. The third kappa shape index (κ3) is 3.60. The van der Waals surface area contributed by atoms with E-state index >= 15 is 0 Å². The fourth-order valence-electron chi connectivity index (χ4n) is 1.27. The first-order valence-corrected chi connectivity index (χ1v) is 5.10. The first-order chi connectivity index (χ1) is 7.65. The fraction of sp³-hybridized carbons (Fsp3) is 0.455. The third-order valence-corrected chi connectivity index (χ3v) is 2.12. The van der Waals surface area contributed by atoms with Crippen molar-refractivity contribution in [3.63, 3.8) is 0 Å². The molecule has 0 fully saturated rings. The first kappa shape index (κ1) is 12.6. The SMILES string of the molecule is COCCNCC(=O)c1cc(C)cnc1N. The summed E-state index contributed by atoms with van der Waals surface area (Å²) in [4.78, 5) is 15.7. The van der Waals surface area contributed by atoms with E-state index in [0.717, 1.165) is 5.56 Å². The summed E-state index contributed by atoms with van der Waals surface area (Å²) < 4.78 is 4.86. The Balaban J connectivity index is 2.55. The maximum Gasteiger partial charge on any atom is 0.180 e. The van der Waals surface area contributed by atoms with Gasteiger partial charge in [-0.05, 0) is 18.6 Å². The molecule has 0 aliphatic heterocycles. The molecule has 0 atom stereocenters. The molecule has 0 spiro atoms. The summed E-state index contributed by atoms with van der Waals surface area (Å²) in [7, 11) is 1.62. The average Bonchev–Trinajstić information content (AvgIpc) is 2.27. The molecule has 5 heteroatoms. The molecule has 0 unspecified atom stereocenters. The van der Waals surface area contributed by atoms with Gasteiger partial charge in [0.05, 0.1) is 18.7 Å². The number of hydrogen-bond acceptors (Lipinski definition) is 5. The highest BCUT2D eigenvalue weighted by Gasteiger charge is 2.10. The number of ketones is 1. The summed E-state index contributed by atoms with van der Waals surface area (Å²) in [6, 6.07) is 1.75. The predicted molar refractivity (Wildman–Crippen MR) is 62.5 cm³/mol. The Morgan fingerprint density at radius 2 is 2.38 bits per heavy atom. The molecular formula is C11H17N3O2. The van der Waals surface area contributed by atoms with Crippen LogP contribution in [0.1, 0.15) is 15.9 Å². The second-order valence-electron chi connectivity index (χ2n) is 3.54. The second-order valence-corrected chi connectivity index (χ2v) is 3.54. The summed E-state index contributed by atoms with van der Waals surface area (Å²) in [6.45, 7) is 3.34. The highest BCUT2D eigenvalue weighted by atomic mass is 16.5. The van der Waals surface area contributed by atoms with E-state index in [0.29, 0.717) is 18.7 Å². The number of carbonyl (C=O) groups excluding carboxylic acids is 1. The number of anilines is 1. The number of nitrogens with zero attached hydrogens (tertiary/aromatic N) is 1. The van der Waals surface area contributed by atoms with Crippen molar-refractivity contribution >= 4 is 11.6 Å². The van der Waals surface area contributed by atoms with Crippen molar-refractivity contribution in [2.45, 2.75) is 6.92 Å². The van der Waals surface area contributed by atoms with E-state index in [4.69, 9.17) is 10.5 Å². The van der Waals surface area contributed by atoms with Crippen molar-refractivity contribution in [2.75, 3.05) is 32.5 Å². The highest BCUT2D eigenvalue weighted by molar-refractivity contribution is 6.01. The van der Waals surface area contributed by atoms with Gasteiger partial charge in [0, 0.05) is 19.9 Å². The maximum absolute atomic E-state index is 11.8. The Kier molecular flexibility index (Phi) is 4.88. The van der Waals surface area contributed by atoms with Crippen LogP contribution in [-0.4, -0.2) is 37.6 Å². The van der Waals surface area contributed by atoms with E-state index in [1.165, 1.54) is 0 Å². The monoisotopic (exact) mass is 223 g/mol. The van der Waals surface area contributed by atoms with E-state index < -0.39 is 0 Å². The Morgan fingerprint density at radius 1 is 1.62 bits per heavy atom. The predicted octanol–water partition coefficient (Wildman–Crippen LogP) is 0.391. The third-order valence-electron chi connectivity index (χ3n) is 2.12. The number of hydrogen-bond donors (Lipinski definition) is 2. The number of pyridine rings is 1. The summed E-state index contributed by atoms with van der Waals surface area (Å²) in [5.74, 6) is 0.231. The standard InChI is InChI=1S/C11H17N3O2/c1-8-5-9(11(12)14-6-8)10(15)7-13-3-4-16-2/h5-6,13H,3-4,7H2,1-2H3,(H2,12,14).